The minimum absolute atomic E-state index is 0.0266. The van der Waals surface area contributed by atoms with E-state index in [1.165, 1.54) is 4.90 Å². The normalized spacial score (nSPS) is 27.3. The molecule has 37 heavy (non-hydrogen) atoms. The van der Waals surface area contributed by atoms with Crippen molar-refractivity contribution in [2.24, 2.45) is 17.1 Å². The van der Waals surface area contributed by atoms with Gasteiger partial charge in [0.05, 0.1) is 11.6 Å². The Hall–Kier alpha value is -3.15. The highest BCUT2D eigenvalue weighted by molar-refractivity contribution is 6.07. The number of nitrogens with two attached hydrogens (primary N) is 1. The highest BCUT2D eigenvalue weighted by Crippen LogP contribution is 2.49. The molecule has 5 rings (SSSR count). The van der Waals surface area contributed by atoms with Gasteiger partial charge < -0.3 is 26.6 Å². The molecule has 12 heteroatoms. The molecule has 0 radical (unpaired) electrons. The van der Waals surface area contributed by atoms with E-state index >= 15 is 0 Å². The fraction of sp³-hybridized carbons (Fsp3) is 0.600. The van der Waals surface area contributed by atoms with Gasteiger partial charge in [-0.15, -0.1) is 0 Å². The van der Waals surface area contributed by atoms with E-state index in [1.807, 2.05) is 11.4 Å². The van der Waals surface area contributed by atoms with Gasteiger partial charge in [0.2, 0.25) is 17.7 Å². The second-order valence-corrected chi connectivity index (χ2v) is 11.1. The van der Waals surface area contributed by atoms with Crippen molar-refractivity contribution in [1.29, 1.82) is 0 Å². The van der Waals surface area contributed by atoms with Gasteiger partial charge in [0.1, 0.15) is 12.1 Å². The number of hydrogen-bond donors (Lipinski definition) is 4. The number of benzene rings is 1. The van der Waals surface area contributed by atoms with Crippen LogP contribution in [0.5, 0.6) is 0 Å². The zero-order valence-corrected chi connectivity index (χ0v) is 20.4. The second kappa shape index (κ2) is 8.71. The Morgan fingerprint density at radius 3 is 2.49 bits per heavy atom. The Morgan fingerprint density at radius 2 is 1.86 bits per heavy atom. The number of para-hydroxylation sites is 1. The molecule has 5 N–H and O–H groups in total. The molecule has 9 nitrogen and oxygen atoms in total. The summed E-state index contributed by atoms with van der Waals surface area (Å²) in [6.45, 7) is 1.65. The number of alkyl halides is 3. The topological polar surface area (TPSA) is 134 Å². The van der Waals surface area contributed by atoms with E-state index in [0.717, 1.165) is 18.4 Å². The first-order valence-corrected chi connectivity index (χ1v) is 12.5. The van der Waals surface area contributed by atoms with Gasteiger partial charge in [0.15, 0.2) is 0 Å². The third kappa shape index (κ3) is 4.67. The summed E-state index contributed by atoms with van der Waals surface area (Å²) in [5.74, 6) is -3.57. The summed E-state index contributed by atoms with van der Waals surface area (Å²) in [5.41, 5.74) is 5.94. The van der Waals surface area contributed by atoms with Gasteiger partial charge in [-0.2, -0.15) is 13.2 Å². The zero-order valence-electron chi connectivity index (χ0n) is 20.4. The molecule has 4 atom stereocenters. The van der Waals surface area contributed by atoms with E-state index < -0.39 is 53.0 Å². The highest BCUT2D eigenvalue weighted by atomic mass is 19.4. The third-order valence-electron chi connectivity index (χ3n) is 8.22. The molecule has 0 unspecified atom stereocenters. The summed E-state index contributed by atoms with van der Waals surface area (Å²) < 4.78 is 38.8. The molecule has 2 aliphatic carbocycles. The van der Waals surface area contributed by atoms with Crippen LogP contribution in [-0.4, -0.2) is 59.5 Å². The van der Waals surface area contributed by atoms with Crippen molar-refractivity contribution in [2.45, 2.75) is 75.3 Å². The maximum absolute atomic E-state index is 13.7. The SMILES string of the molecule is CC1([C@H](NC(=O)C(F)(F)F)C(=O)N[C@@H](CC2CC2)C(=O)N2C[C@]3(C[C@H]2N)C(=O)Nc2ccccc23)CC1. The highest BCUT2D eigenvalue weighted by Gasteiger charge is 2.56. The molecular weight excluding hydrogens is 491 g/mol. The molecular formula is C25H30F3N5O4. The molecule has 1 saturated heterocycles. The van der Waals surface area contributed by atoms with E-state index in [1.54, 1.807) is 25.1 Å². The maximum Gasteiger partial charge on any atom is 0.471 e. The number of carbonyl (C=O) groups excluding carboxylic acids is 4. The predicted molar refractivity (Wildman–Crippen MR) is 126 cm³/mol. The van der Waals surface area contributed by atoms with Crippen LogP contribution in [0, 0.1) is 11.3 Å². The molecule has 3 fully saturated rings. The summed E-state index contributed by atoms with van der Waals surface area (Å²) in [6, 6.07) is 4.74. The van der Waals surface area contributed by atoms with E-state index in [4.69, 9.17) is 5.73 Å². The number of hydrogen-bond acceptors (Lipinski definition) is 5. The fourth-order valence-electron chi connectivity index (χ4n) is 5.53. The lowest BCUT2D eigenvalue weighted by molar-refractivity contribution is -0.175. The molecule has 2 heterocycles. The number of nitrogens with zero attached hydrogens (tertiary/aromatic N) is 1. The molecule has 4 amide bonds. The van der Waals surface area contributed by atoms with Crippen LogP contribution in [0.3, 0.4) is 0 Å². The van der Waals surface area contributed by atoms with Crippen LogP contribution in [0.4, 0.5) is 18.9 Å². The average molecular weight is 522 g/mol. The quantitative estimate of drug-likeness (QED) is 0.432. The Bertz CT molecular complexity index is 1150. The van der Waals surface area contributed by atoms with Gasteiger partial charge in [0, 0.05) is 18.7 Å². The van der Waals surface area contributed by atoms with Crippen LogP contribution in [0.15, 0.2) is 24.3 Å². The van der Waals surface area contributed by atoms with Crippen LogP contribution in [0.25, 0.3) is 0 Å². The Kier molecular flexibility index (Phi) is 6.00. The van der Waals surface area contributed by atoms with Crippen LogP contribution in [0.2, 0.25) is 0 Å². The average Bonchev–Trinajstić information content (AvgIpc) is 3.74. The summed E-state index contributed by atoms with van der Waals surface area (Å²) in [4.78, 5) is 52.9. The minimum Gasteiger partial charge on any atom is -0.342 e. The Balaban J connectivity index is 1.35. The number of halogens is 3. The first kappa shape index (κ1) is 25.5. The molecule has 1 aromatic carbocycles. The lowest BCUT2D eigenvalue weighted by Gasteiger charge is -2.31. The van der Waals surface area contributed by atoms with E-state index in [2.05, 4.69) is 10.6 Å². The summed E-state index contributed by atoms with van der Waals surface area (Å²) >= 11 is 0. The van der Waals surface area contributed by atoms with Gasteiger partial charge >= 0.3 is 12.1 Å². The van der Waals surface area contributed by atoms with Crippen molar-refractivity contribution < 1.29 is 32.3 Å². The summed E-state index contributed by atoms with van der Waals surface area (Å²) in [6.07, 6.45) is -2.73. The first-order chi connectivity index (χ1) is 17.3. The number of fused-ring (bicyclic) bond motifs is 2. The van der Waals surface area contributed by atoms with Gasteiger partial charge in [-0.1, -0.05) is 38.0 Å². The van der Waals surface area contributed by atoms with Crippen molar-refractivity contribution in [1.82, 2.24) is 15.5 Å². The smallest absolute Gasteiger partial charge is 0.342 e. The number of anilines is 1. The van der Waals surface area contributed by atoms with E-state index in [0.29, 0.717) is 24.9 Å². The number of carbonyl (C=O) groups is 4. The van der Waals surface area contributed by atoms with Gasteiger partial charge in [-0.3, -0.25) is 19.2 Å². The van der Waals surface area contributed by atoms with Crippen LogP contribution in [0.1, 0.15) is 51.0 Å². The molecule has 0 aromatic heterocycles. The minimum atomic E-state index is -5.14. The number of nitrogens with one attached hydrogen (secondary N) is 3. The lowest BCUT2D eigenvalue weighted by Crippen LogP contribution is -2.59. The summed E-state index contributed by atoms with van der Waals surface area (Å²) in [5, 5.41) is 7.31. The first-order valence-electron chi connectivity index (χ1n) is 12.5. The second-order valence-electron chi connectivity index (χ2n) is 11.1. The van der Waals surface area contributed by atoms with Gasteiger partial charge in [0.25, 0.3) is 0 Å². The molecule has 200 valence electrons. The molecule has 4 aliphatic rings. The maximum atomic E-state index is 13.7. The van der Waals surface area contributed by atoms with Crippen LogP contribution in [-0.2, 0) is 24.6 Å². The molecule has 1 aromatic rings. The van der Waals surface area contributed by atoms with Crippen molar-refractivity contribution >= 4 is 29.3 Å². The monoisotopic (exact) mass is 521 g/mol. The van der Waals surface area contributed by atoms with Crippen molar-refractivity contribution in [3.05, 3.63) is 29.8 Å². The van der Waals surface area contributed by atoms with Crippen molar-refractivity contribution in [3.8, 4) is 0 Å². The fourth-order valence-corrected chi connectivity index (χ4v) is 5.53. The Morgan fingerprint density at radius 1 is 1.19 bits per heavy atom. The lowest BCUT2D eigenvalue weighted by atomic mass is 9.80. The van der Waals surface area contributed by atoms with Crippen LogP contribution < -0.4 is 21.7 Å². The predicted octanol–water partition coefficient (Wildman–Crippen LogP) is 1.53. The number of rotatable bonds is 7. The molecule has 0 bridgehead atoms. The van der Waals surface area contributed by atoms with Crippen molar-refractivity contribution in [2.75, 3.05) is 11.9 Å². The molecule has 1 spiro atoms. The number of likely N-dealkylation sites (tertiary alicyclic amines) is 1. The zero-order chi connectivity index (χ0) is 26.8. The molecule has 2 saturated carbocycles. The van der Waals surface area contributed by atoms with Crippen LogP contribution >= 0.6 is 0 Å². The van der Waals surface area contributed by atoms with Crippen molar-refractivity contribution in [3.63, 3.8) is 0 Å². The summed E-state index contributed by atoms with van der Waals surface area (Å²) in [7, 11) is 0. The number of amides is 4. The van der Waals surface area contributed by atoms with Gasteiger partial charge in [-0.05, 0) is 42.2 Å². The van der Waals surface area contributed by atoms with E-state index in [9.17, 15) is 32.3 Å². The molecule has 2 aliphatic heterocycles. The standard InChI is InChI=1S/C25H30F3N5O4/c1-23(8-9-23)18(32-22(37)25(26,27)28)19(34)30-16(10-13-6-7-13)20(35)33-12-24(11-17(33)29)14-4-2-3-5-15(14)31-21(24)36/h2-5,13,16-18H,6-12,29H2,1H3,(H,30,34)(H,31,36)(H,32,37)/t16-,17-,18+,24-/m0/s1. The Labute approximate surface area is 211 Å². The third-order valence-corrected chi connectivity index (χ3v) is 8.22. The largest absolute Gasteiger partial charge is 0.471 e. The van der Waals surface area contributed by atoms with Gasteiger partial charge in [-0.25, -0.2) is 0 Å². The van der Waals surface area contributed by atoms with E-state index in [-0.39, 0.29) is 24.8 Å².